The second-order valence-corrected chi connectivity index (χ2v) is 4.57. The average Bonchev–Trinajstić information content (AvgIpc) is 2.31. The van der Waals surface area contributed by atoms with E-state index in [1.807, 2.05) is 20.2 Å². The molecule has 0 aliphatic rings. The van der Waals surface area contributed by atoms with Crippen LogP contribution in [-0.4, -0.2) is 24.1 Å². The maximum absolute atomic E-state index is 5.75. The number of hydrogen-bond acceptors (Lipinski definition) is 4. The van der Waals surface area contributed by atoms with Crippen LogP contribution in [0.2, 0.25) is 5.28 Å². The molecule has 94 valence electrons. The second kappa shape index (κ2) is 5.23. The summed E-state index contributed by atoms with van der Waals surface area (Å²) in [6.45, 7) is 2.08. The van der Waals surface area contributed by atoms with Gasteiger partial charge in [-0.1, -0.05) is 6.07 Å². The quantitative estimate of drug-likeness (QED) is 0.862. The Labute approximate surface area is 112 Å². The fraction of sp³-hybridized carbons (Fsp3) is 0.231. The standard InChI is InChI=1S/C13H15ClN4/c1-9-4-5-10(8-11(9)18(2)3)16-12-6-7-15-13(14)17-12/h4-8H,1-3H3,(H,15,16,17). The third-order valence-corrected chi connectivity index (χ3v) is 2.77. The van der Waals surface area contributed by atoms with Gasteiger partial charge in [0.25, 0.3) is 0 Å². The highest BCUT2D eigenvalue weighted by Crippen LogP contribution is 2.24. The summed E-state index contributed by atoms with van der Waals surface area (Å²) in [4.78, 5) is 10.0. The zero-order chi connectivity index (χ0) is 13.1. The van der Waals surface area contributed by atoms with E-state index in [4.69, 9.17) is 11.6 Å². The minimum atomic E-state index is 0.236. The zero-order valence-corrected chi connectivity index (χ0v) is 11.4. The Bertz CT molecular complexity index is 554. The maximum Gasteiger partial charge on any atom is 0.224 e. The lowest BCUT2D eigenvalue weighted by atomic mass is 10.1. The van der Waals surface area contributed by atoms with Crippen LogP contribution >= 0.6 is 11.6 Å². The molecular weight excluding hydrogens is 248 g/mol. The summed E-state index contributed by atoms with van der Waals surface area (Å²) in [6.07, 6.45) is 1.62. The molecule has 0 saturated carbocycles. The molecule has 18 heavy (non-hydrogen) atoms. The van der Waals surface area contributed by atoms with E-state index in [0.29, 0.717) is 5.82 Å². The number of aromatic nitrogens is 2. The molecule has 0 bridgehead atoms. The second-order valence-electron chi connectivity index (χ2n) is 4.23. The van der Waals surface area contributed by atoms with Gasteiger partial charge in [-0.3, -0.25) is 0 Å². The molecule has 2 aromatic rings. The van der Waals surface area contributed by atoms with E-state index in [2.05, 4.69) is 39.2 Å². The Kier molecular flexibility index (Phi) is 3.67. The molecule has 0 fully saturated rings. The van der Waals surface area contributed by atoms with Crippen molar-refractivity contribution in [3.05, 3.63) is 41.3 Å². The molecule has 0 saturated heterocycles. The number of anilines is 3. The Morgan fingerprint density at radius 3 is 2.67 bits per heavy atom. The van der Waals surface area contributed by atoms with Crippen molar-refractivity contribution in [2.45, 2.75) is 6.92 Å². The highest BCUT2D eigenvalue weighted by atomic mass is 35.5. The lowest BCUT2D eigenvalue weighted by Crippen LogP contribution is -2.10. The van der Waals surface area contributed by atoms with E-state index in [-0.39, 0.29) is 5.28 Å². The van der Waals surface area contributed by atoms with Crippen LogP contribution in [0.3, 0.4) is 0 Å². The minimum absolute atomic E-state index is 0.236. The summed E-state index contributed by atoms with van der Waals surface area (Å²) < 4.78 is 0. The Morgan fingerprint density at radius 2 is 2.00 bits per heavy atom. The number of nitrogens with zero attached hydrogens (tertiary/aromatic N) is 3. The molecule has 4 nitrogen and oxygen atoms in total. The topological polar surface area (TPSA) is 41.1 Å². The minimum Gasteiger partial charge on any atom is -0.377 e. The van der Waals surface area contributed by atoms with Gasteiger partial charge in [0.1, 0.15) is 5.82 Å². The van der Waals surface area contributed by atoms with Crippen LogP contribution in [0, 0.1) is 6.92 Å². The molecule has 0 radical (unpaired) electrons. The van der Waals surface area contributed by atoms with Crippen molar-refractivity contribution < 1.29 is 0 Å². The van der Waals surface area contributed by atoms with Crippen LogP contribution in [0.5, 0.6) is 0 Å². The highest BCUT2D eigenvalue weighted by Gasteiger charge is 2.03. The number of aryl methyl sites for hydroxylation is 1. The molecule has 2 rings (SSSR count). The normalized spacial score (nSPS) is 10.2. The average molecular weight is 263 g/mol. The fourth-order valence-corrected chi connectivity index (χ4v) is 1.87. The molecule has 1 N–H and O–H groups in total. The fourth-order valence-electron chi connectivity index (χ4n) is 1.72. The smallest absolute Gasteiger partial charge is 0.224 e. The molecule has 1 aromatic heterocycles. The largest absolute Gasteiger partial charge is 0.377 e. The molecule has 0 aliphatic heterocycles. The van der Waals surface area contributed by atoms with Crippen LogP contribution < -0.4 is 10.2 Å². The number of rotatable bonds is 3. The Morgan fingerprint density at radius 1 is 1.22 bits per heavy atom. The summed E-state index contributed by atoms with van der Waals surface area (Å²) in [5.41, 5.74) is 3.37. The van der Waals surface area contributed by atoms with Crippen molar-refractivity contribution in [2.75, 3.05) is 24.3 Å². The zero-order valence-electron chi connectivity index (χ0n) is 10.6. The predicted molar refractivity (Wildman–Crippen MR) is 75.8 cm³/mol. The monoisotopic (exact) mass is 262 g/mol. The van der Waals surface area contributed by atoms with E-state index in [9.17, 15) is 0 Å². The van der Waals surface area contributed by atoms with Crippen LogP contribution in [0.1, 0.15) is 5.56 Å². The first-order valence-corrected chi connectivity index (χ1v) is 5.97. The van der Waals surface area contributed by atoms with Crippen LogP contribution in [0.15, 0.2) is 30.5 Å². The van der Waals surface area contributed by atoms with Gasteiger partial charge in [-0.05, 0) is 42.3 Å². The molecular formula is C13H15ClN4. The Hall–Kier alpha value is -1.81. The van der Waals surface area contributed by atoms with E-state index in [0.717, 1.165) is 5.69 Å². The molecule has 0 amide bonds. The third kappa shape index (κ3) is 2.90. The first-order valence-electron chi connectivity index (χ1n) is 5.60. The van der Waals surface area contributed by atoms with Crippen molar-refractivity contribution in [2.24, 2.45) is 0 Å². The lowest BCUT2D eigenvalue weighted by Gasteiger charge is -2.17. The third-order valence-electron chi connectivity index (χ3n) is 2.59. The van der Waals surface area contributed by atoms with Crippen molar-refractivity contribution in [1.29, 1.82) is 0 Å². The van der Waals surface area contributed by atoms with Crippen molar-refractivity contribution in [3.8, 4) is 0 Å². The maximum atomic E-state index is 5.75. The van der Waals surface area contributed by atoms with Gasteiger partial charge in [-0.15, -0.1) is 0 Å². The van der Waals surface area contributed by atoms with Crippen LogP contribution in [0.25, 0.3) is 0 Å². The summed E-state index contributed by atoms with van der Waals surface area (Å²) in [5, 5.41) is 3.44. The van der Waals surface area contributed by atoms with E-state index >= 15 is 0 Å². The summed E-state index contributed by atoms with van der Waals surface area (Å²) >= 11 is 5.75. The number of benzene rings is 1. The van der Waals surface area contributed by atoms with Crippen molar-refractivity contribution >= 4 is 28.8 Å². The Balaban J connectivity index is 2.27. The molecule has 0 unspecified atom stereocenters. The van der Waals surface area contributed by atoms with Crippen molar-refractivity contribution in [3.63, 3.8) is 0 Å². The molecule has 0 spiro atoms. The van der Waals surface area contributed by atoms with Crippen molar-refractivity contribution in [1.82, 2.24) is 9.97 Å². The SMILES string of the molecule is Cc1ccc(Nc2ccnc(Cl)n2)cc1N(C)C. The van der Waals surface area contributed by atoms with Crippen LogP contribution in [0.4, 0.5) is 17.2 Å². The van der Waals surface area contributed by atoms with E-state index < -0.39 is 0 Å². The van der Waals surface area contributed by atoms with Gasteiger partial charge in [0.15, 0.2) is 0 Å². The van der Waals surface area contributed by atoms with E-state index in [1.54, 1.807) is 12.3 Å². The van der Waals surface area contributed by atoms with Gasteiger partial charge >= 0.3 is 0 Å². The number of nitrogens with one attached hydrogen (secondary N) is 1. The summed E-state index contributed by atoms with van der Waals surface area (Å²) in [7, 11) is 4.04. The molecule has 0 aliphatic carbocycles. The number of hydrogen-bond donors (Lipinski definition) is 1. The van der Waals surface area contributed by atoms with Crippen LogP contribution in [-0.2, 0) is 0 Å². The van der Waals surface area contributed by atoms with Gasteiger partial charge < -0.3 is 10.2 Å². The lowest BCUT2D eigenvalue weighted by molar-refractivity contribution is 1.11. The molecule has 5 heteroatoms. The summed E-state index contributed by atoms with van der Waals surface area (Å²) in [5.74, 6) is 0.684. The van der Waals surface area contributed by atoms with Gasteiger partial charge in [0.2, 0.25) is 5.28 Å². The predicted octanol–water partition coefficient (Wildman–Crippen LogP) is 3.25. The van der Waals surface area contributed by atoms with E-state index in [1.165, 1.54) is 11.3 Å². The molecule has 1 aromatic carbocycles. The first kappa shape index (κ1) is 12.6. The number of halogens is 1. The summed E-state index contributed by atoms with van der Waals surface area (Å²) in [6, 6.07) is 7.94. The first-order chi connectivity index (χ1) is 8.56. The molecule has 0 atom stereocenters. The van der Waals surface area contributed by atoms with Gasteiger partial charge in [0.05, 0.1) is 0 Å². The van der Waals surface area contributed by atoms with Gasteiger partial charge in [-0.2, -0.15) is 0 Å². The van der Waals surface area contributed by atoms with Gasteiger partial charge in [-0.25, -0.2) is 9.97 Å². The van der Waals surface area contributed by atoms with Gasteiger partial charge in [0, 0.05) is 31.7 Å². The molecule has 1 heterocycles. The highest BCUT2D eigenvalue weighted by molar-refractivity contribution is 6.28.